The van der Waals surface area contributed by atoms with Crippen LogP contribution >= 0.6 is 0 Å². The Labute approximate surface area is 230 Å². The fraction of sp³-hybridized carbons (Fsp3) is 0.179. The van der Waals surface area contributed by atoms with Gasteiger partial charge in [0.05, 0.1) is 11.2 Å². The second kappa shape index (κ2) is 10.8. The number of carbonyl (C=O) groups excluding carboxylic acids is 3. The van der Waals surface area contributed by atoms with Gasteiger partial charge in [-0.25, -0.2) is 4.79 Å². The van der Waals surface area contributed by atoms with E-state index >= 15 is 0 Å². The maximum absolute atomic E-state index is 13.4. The number of carboxylic acids is 1. The van der Waals surface area contributed by atoms with E-state index in [4.69, 9.17) is 4.74 Å². The summed E-state index contributed by atoms with van der Waals surface area (Å²) in [6, 6.07) is 19.9. The van der Waals surface area contributed by atoms with Crippen LogP contribution in [-0.2, 0) is 41.7 Å². The summed E-state index contributed by atoms with van der Waals surface area (Å²) in [4.78, 5) is 55.2. The molecule has 0 aliphatic carbocycles. The number of esters is 1. The molecule has 3 aromatic rings. The van der Waals surface area contributed by atoms with Crippen molar-refractivity contribution < 1.29 is 38.4 Å². The molecule has 0 bridgehead atoms. The Hall–Kier alpha value is -4.77. The van der Waals surface area contributed by atoms with Gasteiger partial charge in [-0.1, -0.05) is 66.7 Å². The summed E-state index contributed by atoms with van der Waals surface area (Å²) in [5.41, 5.74) is 9.71. The van der Waals surface area contributed by atoms with Crippen LogP contribution < -0.4 is 5.32 Å². The van der Waals surface area contributed by atoms with Crippen molar-refractivity contribution in [1.82, 2.24) is 10.2 Å². The maximum Gasteiger partial charge on any atom is 0.490 e. The number of fused-ring (bicyclic) bond motifs is 2. The predicted octanol–water partition coefficient (Wildman–Crippen LogP) is 2.07. The summed E-state index contributed by atoms with van der Waals surface area (Å²) in [6.45, 7) is 1.16. The third kappa shape index (κ3) is 4.64. The van der Waals surface area contributed by atoms with Gasteiger partial charge in [-0.05, 0) is 34.9 Å². The van der Waals surface area contributed by atoms with E-state index in [0.29, 0.717) is 11.1 Å². The molecule has 40 heavy (non-hydrogen) atoms. The fourth-order valence-electron chi connectivity index (χ4n) is 4.82. The van der Waals surface area contributed by atoms with Crippen LogP contribution in [0.4, 0.5) is 0 Å². The highest BCUT2D eigenvalue weighted by atomic mass is 32.2. The van der Waals surface area contributed by atoms with Gasteiger partial charge in [0.15, 0.2) is 12.0 Å². The lowest BCUT2D eigenvalue weighted by Crippen LogP contribution is -2.75. The van der Waals surface area contributed by atoms with Crippen molar-refractivity contribution >= 4 is 50.7 Å². The van der Waals surface area contributed by atoms with E-state index in [-0.39, 0.29) is 12.2 Å². The van der Waals surface area contributed by atoms with E-state index in [2.05, 4.69) is 10.1 Å². The van der Waals surface area contributed by atoms with Crippen molar-refractivity contribution in [2.75, 3.05) is 0 Å². The number of nitrogens with one attached hydrogen (secondary N) is 1. The molecule has 0 aromatic heterocycles. The predicted molar refractivity (Wildman–Crippen MR) is 143 cm³/mol. The number of β-lactam (4-membered cyclic amide) rings is 1. The van der Waals surface area contributed by atoms with Gasteiger partial charge in [0.2, 0.25) is 11.3 Å². The monoisotopic (exact) mass is 558 g/mol. The molecule has 4 atom stereocenters. The Morgan fingerprint density at radius 2 is 1.77 bits per heavy atom. The first-order valence-corrected chi connectivity index (χ1v) is 13.3. The number of ether oxygens (including phenoxy) is 1. The first-order valence-electron chi connectivity index (χ1n) is 12.1. The fourth-order valence-corrected chi connectivity index (χ4v) is 6.36. The molecule has 3 aromatic carbocycles. The molecule has 1 saturated heterocycles. The van der Waals surface area contributed by atoms with E-state index < -0.39 is 63.0 Å². The molecule has 0 spiro atoms. The number of carbonyl (C=O) groups is 4. The first kappa shape index (κ1) is 26.8. The molecule has 0 radical (unpaired) electrons. The quantitative estimate of drug-likeness (QED) is 0.112. The standard InChI is InChI=1S/C28H22N4O7S/c1-15-22(27(35)36)32-25(34)21(26(32)40(38)24(15)31-29)30-23(33)20(18-8-3-2-4-9-18)28(37)39-14-16-11-12-17-7-5-6-10-19(17)13-16/h2-13,20-21,26H,14H2,1H3,(H,30,33)(H,35,36)/t20?,21?,26-,40?/m1/s1. The van der Waals surface area contributed by atoms with Crippen molar-refractivity contribution in [2.45, 2.75) is 30.9 Å². The van der Waals surface area contributed by atoms with Gasteiger partial charge in [0, 0.05) is 0 Å². The van der Waals surface area contributed by atoms with Crippen LogP contribution in [0.1, 0.15) is 24.0 Å². The summed E-state index contributed by atoms with van der Waals surface area (Å²) in [5, 5.41) is 12.3. The van der Waals surface area contributed by atoms with E-state index in [1.54, 1.807) is 30.3 Å². The number of amides is 2. The highest BCUT2D eigenvalue weighted by Gasteiger charge is 2.65. The molecule has 202 valence electrons. The molecular weight excluding hydrogens is 536 g/mol. The second-order valence-electron chi connectivity index (χ2n) is 9.20. The molecule has 2 aliphatic rings. The molecule has 12 heteroatoms. The van der Waals surface area contributed by atoms with Crippen molar-refractivity contribution in [3.63, 3.8) is 0 Å². The van der Waals surface area contributed by atoms with Gasteiger partial charge < -0.3 is 25.2 Å². The zero-order valence-electron chi connectivity index (χ0n) is 21.0. The van der Waals surface area contributed by atoms with Crippen LogP contribution in [-0.4, -0.2) is 59.6 Å². The maximum atomic E-state index is 13.4. The van der Waals surface area contributed by atoms with Crippen molar-refractivity contribution in [3.8, 4) is 0 Å². The second-order valence-corrected chi connectivity index (χ2v) is 10.7. The highest BCUT2D eigenvalue weighted by molar-refractivity contribution is 8.07. The summed E-state index contributed by atoms with van der Waals surface area (Å²) in [5.74, 6) is -5.54. The van der Waals surface area contributed by atoms with E-state index in [0.717, 1.165) is 15.7 Å². The van der Waals surface area contributed by atoms with Crippen molar-refractivity contribution in [1.29, 1.82) is 0 Å². The lowest BCUT2D eigenvalue weighted by atomic mass is 9.96. The zero-order chi connectivity index (χ0) is 28.6. The number of hydrogen-bond donors (Lipinski definition) is 2. The van der Waals surface area contributed by atoms with Gasteiger partial charge in [0.1, 0.15) is 17.9 Å². The van der Waals surface area contributed by atoms with E-state index in [9.17, 15) is 34.4 Å². The summed E-state index contributed by atoms with van der Waals surface area (Å²) in [6.07, 6.45) is 0. The molecule has 1 fully saturated rings. The number of rotatable bonds is 7. The molecule has 2 N–H and O–H groups in total. The highest BCUT2D eigenvalue weighted by Crippen LogP contribution is 2.37. The number of benzene rings is 3. The zero-order valence-corrected chi connectivity index (χ0v) is 21.8. The minimum Gasteiger partial charge on any atom is -0.604 e. The van der Waals surface area contributed by atoms with E-state index in [1.807, 2.05) is 42.5 Å². The number of nitrogens with zero attached hydrogens (tertiary/aromatic N) is 3. The normalized spacial score (nSPS) is 20.8. The van der Waals surface area contributed by atoms with E-state index in [1.165, 1.54) is 6.92 Å². The average molecular weight is 559 g/mol. The average Bonchev–Trinajstić information content (AvgIpc) is 2.95. The topological polar surface area (TPSA) is 172 Å². The molecular formula is C28H22N4O7S. The lowest BCUT2D eigenvalue weighted by molar-refractivity contribution is -0.154. The van der Waals surface area contributed by atoms with Crippen molar-refractivity contribution in [3.05, 3.63) is 101 Å². The molecule has 5 rings (SSSR count). The van der Waals surface area contributed by atoms with Gasteiger partial charge in [-0.3, -0.25) is 19.3 Å². The smallest absolute Gasteiger partial charge is 0.490 e. The minimum absolute atomic E-state index is 0.106. The molecule has 11 nitrogen and oxygen atoms in total. The molecule has 2 aliphatic heterocycles. The summed E-state index contributed by atoms with van der Waals surface area (Å²) >= 11 is -2.16. The number of aliphatic carboxylic acids is 1. The van der Waals surface area contributed by atoms with Gasteiger partial charge in [-0.15, -0.1) is 4.79 Å². The van der Waals surface area contributed by atoms with Crippen LogP contribution in [0.2, 0.25) is 0 Å². The first-order chi connectivity index (χ1) is 19.2. The molecule has 2 amide bonds. The Morgan fingerprint density at radius 3 is 2.45 bits per heavy atom. The summed E-state index contributed by atoms with van der Waals surface area (Å²) < 4.78 is 18.5. The summed E-state index contributed by atoms with van der Waals surface area (Å²) in [7, 11) is 0. The molecule has 3 unspecified atom stereocenters. The number of carboxylic acid groups (broad SMARTS) is 1. The largest absolute Gasteiger partial charge is 0.604 e. The SMILES string of the molecule is CC1=C(C(=O)O)N2C(=O)C(NC(=O)C(C(=O)OCc3ccc4ccccc4c3)c3ccccc3)[C@H]2[S+]([O-])C1=[N+]=[N-]. The third-order valence-electron chi connectivity index (χ3n) is 6.79. The lowest BCUT2D eigenvalue weighted by Gasteiger charge is -2.46. The molecule has 2 heterocycles. The van der Waals surface area contributed by atoms with Crippen LogP contribution in [0, 0.1) is 0 Å². The van der Waals surface area contributed by atoms with Crippen molar-refractivity contribution in [2.24, 2.45) is 0 Å². The Kier molecular flexibility index (Phi) is 7.22. The third-order valence-corrected chi connectivity index (χ3v) is 8.48. The van der Waals surface area contributed by atoms with Gasteiger partial charge in [0.25, 0.3) is 5.91 Å². The minimum atomic E-state index is -2.16. The van der Waals surface area contributed by atoms with Crippen LogP contribution in [0.3, 0.4) is 0 Å². The van der Waals surface area contributed by atoms with Crippen LogP contribution in [0.5, 0.6) is 0 Å². The number of hydrogen-bond acceptors (Lipinski definition) is 6. The van der Waals surface area contributed by atoms with Gasteiger partial charge in [-0.2, -0.15) is 0 Å². The Morgan fingerprint density at radius 1 is 1.10 bits per heavy atom. The van der Waals surface area contributed by atoms with Gasteiger partial charge >= 0.3 is 17.0 Å². The Balaban J connectivity index is 1.37. The molecule has 0 saturated carbocycles. The Bertz CT molecular complexity index is 1630. The van der Waals surface area contributed by atoms with Crippen LogP contribution in [0.25, 0.3) is 16.3 Å². The van der Waals surface area contributed by atoms with Crippen LogP contribution in [0.15, 0.2) is 84.1 Å².